The van der Waals surface area contributed by atoms with Crippen LogP contribution in [0.2, 0.25) is 0 Å². The predicted octanol–water partition coefficient (Wildman–Crippen LogP) is 1.67. The fraction of sp³-hybridized carbons (Fsp3) is 0.250. The second kappa shape index (κ2) is 4.77. The molecule has 1 aromatic carbocycles. The number of hydroxylamine groups is 2. The number of rotatable bonds is 3. The predicted molar refractivity (Wildman–Crippen MR) is 77.5 cm³/mol. The number of benzene rings is 1. The molecule has 2 aliphatic rings. The van der Waals surface area contributed by atoms with Crippen LogP contribution in [-0.2, 0) is 11.9 Å². The van der Waals surface area contributed by atoms with Crippen molar-refractivity contribution in [3.63, 3.8) is 0 Å². The van der Waals surface area contributed by atoms with Gasteiger partial charge in [0.2, 0.25) is 0 Å². The molecule has 0 spiro atoms. The Kier molecular flexibility index (Phi) is 2.84. The molecule has 0 unspecified atom stereocenters. The molecule has 0 radical (unpaired) electrons. The van der Waals surface area contributed by atoms with Gasteiger partial charge < -0.3 is 4.84 Å². The summed E-state index contributed by atoms with van der Waals surface area (Å²) in [5.41, 5.74) is 1.51. The van der Waals surface area contributed by atoms with Crippen LogP contribution in [0.5, 0.6) is 0 Å². The molecule has 1 aliphatic carbocycles. The maximum Gasteiger partial charge on any atom is 0.381 e. The van der Waals surface area contributed by atoms with Crippen molar-refractivity contribution in [2.75, 3.05) is 0 Å². The van der Waals surface area contributed by atoms with E-state index in [9.17, 15) is 14.4 Å². The van der Waals surface area contributed by atoms with E-state index in [-0.39, 0.29) is 16.8 Å². The lowest BCUT2D eigenvalue weighted by molar-refractivity contribution is -0.0591. The van der Waals surface area contributed by atoms with E-state index >= 15 is 0 Å². The van der Waals surface area contributed by atoms with Gasteiger partial charge in [0.1, 0.15) is 5.69 Å². The number of fused-ring (bicyclic) bond motifs is 1. The van der Waals surface area contributed by atoms with Crippen molar-refractivity contribution in [3.05, 3.63) is 52.8 Å². The molecule has 7 nitrogen and oxygen atoms in total. The van der Waals surface area contributed by atoms with E-state index in [0.29, 0.717) is 11.0 Å². The summed E-state index contributed by atoms with van der Waals surface area (Å²) < 4.78 is 1.41. The van der Waals surface area contributed by atoms with Crippen LogP contribution >= 0.6 is 0 Å². The number of hydrogen-bond donors (Lipinski definition) is 0. The van der Waals surface area contributed by atoms with Crippen molar-refractivity contribution in [2.24, 2.45) is 7.05 Å². The first-order chi connectivity index (χ1) is 11.1. The topological polar surface area (TPSA) is 81.5 Å². The lowest BCUT2D eigenvalue weighted by atomic mass is 10.1. The van der Waals surface area contributed by atoms with Crippen LogP contribution in [0.25, 0.3) is 0 Å². The molecule has 1 fully saturated rings. The van der Waals surface area contributed by atoms with Gasteiger partial charge in [-0.3, -0.25) is 14.3 Å². The Morgan fingerprint density at radius 1 is 1.17 bits per heavy atom. The van der Waals surface area contributed by atoms with Crippen LogP contribution in [0.1, 0.15) is 55.7 Å². The SMILES string of the molecule is Cn1nc(C2CC2)cc1C(=O)ON1C(=O)c2ccccc2C1=O. The van der Waals surface area contributed by atoms with E-state index in [2.05, 4.69) is 5.10 Å². The van der Waals surface area contributed by atoms with Crippen molar-refractivity contribution >= 4 is 17.8 Å². The lowest BCUT2D eigenvalue weighted by Gasteiger charge is -2.12. The standard InChI is InChI=1S/C16H13N3O4/c1-18-13(8-12(17-18)9-6-7-9)16(22)23-19-14(20)10-4-2-3-5-11(10)15(19)21/h2-5,8-9H,6-7H2,1H3. The summed E-state index contributed by atoms with van der Waals surface area (Å²) >= 11 is 0. The van der Waals surface area contributed by atoms with Crippen LogP contribution in [0.4, 0.5) is 0 Å². The quantitative estimate of drug-likeness (QED) is 0.805. The van der Waals surface area contributed by atoms with Gasteiger partial charge in [0.25, 0.3) is 11.8 Å². The highest BCUT2D eigenvalue weighted by Crippen LogP contribution is 2.39. The van der Waals surface area contributed by atoms with Gasteiger partial charge in [0, 0.05) is 13.0 Å². The van der Waals surface area contributed by atoms with Crippen LogP contribution in [0, 0.1) is 0 Å². The zero-order valence-corrected chi connectivity index (χ0v) is 12.4. The molecule has 7 heteroatoms. The van der Waals surface area contributed by atoms with Gasteiger partial charge in [-0.15, -0.1) is 0 Å². The van der Waals surface area contributed by atoms with Gasteiger partial charge in [-0.2, -0.15) is 5.10 Å². The van der Waals surface area contributed by atoms with E-state index < -0.39 is 17.8 Å². The van der Waals surface area contributed by atoms with Gasteiger partial charge in [-0.1, -0.05) is 17.2 Å². The number of amides is 2. The van der Waals surface area contributed by atoms with Crippen molar-refractivity contribution in [1.82, 2.24) is 14.8 Å². The molecular weight excluding hydrogens is 298 g/mol. The molecule has 116 valence electrons. The average molecular weight is 311 g/mol. The number of carbonyl (C=O) groups excluding carboxylic acids is 3. The van der Waals surface area contributed by atoms with Crippen LogP contribution in [0.3, 0.4) is 0 Å². The molecule has 1 saturated carbocycles. The maximum atomic E-state index is 12.3. The first kappa shape index (κ1) is 13.7. The van der Waals surface area contributed by atoms with E-state index in [0.717, 1.165) is 18.5 Å². The summed E-state index contributed by atoms with van der Waals surface area (Å²) in [5, 5.41) is 4.78. The molecule has 0 atom stereocenters. The smallest absolute Gasteiger partial charge is 0.323 e. The monoisotopic (exact) mass is 311 g/mol. The molecular formula is C16H13N3O4. The summed E-state index contributed by atoms with van der Waals surface area (Å²) in [7, 11) is 1.63. The first-order valence-corrected chi connectivity index (χ1v) is 7.30. The number of aryl methyl sites for hydroxylation is 1. The van der Waals surface area contributed by atoms with Crippen molar-refractivity contribution in [3.8, 4) is 0 Å². The minimum absolute atomic E-state index is 0.212. The van der Waals surface area contributed by atoms with E-state index in [1.54, 1.807) is 25.2 Å². The van der Waals surface area contributed by atoms with Gasteiger partial charge in [0.15, 0.2) is 0 Å². The van der Waals surface area contributed by atoms with Gasteiger partial charge in [-0.25, -0.2) is 4.79 Å². The molecule has 2 heterocycles. The lowest BCUT2D eigenvalue weighted by Crippen LogP contribution is -2.33. The molecule has 1 aliphatic heterocycles. The molecule has 23 heavy (non-hydrogen) atoms. The molecule has 0 N–H and O–H groups in total. The Hall–Kier alpha value is -2.96. The molecule has 1 aromatic heterocycles. The van der Waals surface area contributed by atoms with E-state index in [1.807, 2.05) is 0 Å². The highest BCUT2D eigenvalue weighted by molar-refractivity contribution is 6.21. The van der Waals surface area contributed by atoms with Gasteiger partial charge in [-0.05, 0) is 31.0 Å². The van der Waals surface area contributed by atoms with Crippen LogP contribution < -0.4 is 0 Å². The Morgan fingerprint density at radius 3 is 2.35 bits per heavy atom. The molecule has 0 saturated heterocycles. The minimum Gasteiger partial charge on any atom is -0.323 e. The van der Waals surface area contributed by atoms with Crippen LogP contribution in [0.15, 0.2) is 30.3 Å². The molecule has 2 amide bonds. The second-order valence-electron chi connectivity index (χ2n) is 5.68. The number of carbonyl (C=O) groups is 3. The summed E-state index contributed by atoms with van der Waals surface area (Å²) in [6.07, 6.45) is 2.12. The average Bonchev–Trinajstić information content (AvgIpc) is 3.29. The largest absolute Gasteiger partial charge is 0.381 e. The van der Waals surface area contributed by atoms with Gasteiger partial charge in [0.05, 0.1) is 16.8 Å². The summed E-state index contributed by atoms with van der Waals surface area (Å²) in [6.45, 7) is 0. The summed E-state index contributed by atoms with van der Waals surface area (Å²) in [6, 6.07) is 8.01. The summed E-state index contributed by atoms with van der Waals surface area (Å²) in [4.78, 5) is 41.7. The Morgan fingerprint density at radius 2 is 1.78 bits per heavy atom. The zero-order chi connectivity index (χ0) is 16.1. The highest BCUT2D eigenvalue weighted by Gasteiger charge is 2.39. The third-order valence-electron chi connectivity index (χ3n) is 4.03. The maximum absolute atomic E-state index is 12.3. The third kappa shape index (κ3) is 2.12. The summed E-state index contributed by atoms with van der Waals surface area (Å²) in [5.74, 6) is -1.66. The Labute approximate surface area is 131 Å². The fourth-order valence-corrected chi connectivity index (χ4v) is 2.64. The number of nitrogens with zero attached hydrogens (tertiary/aromatic N) is 3. The van der Waals surface area contributed by atoms with E-state index in [4.69, 9.17) is 4.84 Å². The second-order valence-corrected chi connectivity index (χ2v) is 5.68. The zero-order valence-electron chi connectivity index (χ0n) is 12.4. The van der Waals surface area contributed by atoms with E-state index in [1.165, 1.54) is 16.8 Å². The Balaban J connectivity index is 1.58. The molecule has 0 bridgehead atoms. The molecule has 2 aromatic rings. The van der Waals surface area contributed by atoms with Crippen molar-refractivity contribution in [2.45, 2.75) is 18.8 Å². The molecule has 4 rings (SSSR count). The number of aromatic nitrogens is 2. The van der Waals surface area contributed by atoms with Crippen molar-refractivity contribution < 1.29 is 19.2 Å². The third-order valence-corrected chi connectivity index (χ3v) is 4.03. The van der Waals surface area contributed by atoms with Gasteiger partial charge >= 0.3 is 5.97 Å². The highest BCUT2D eigenvalue weighted by atomic mass is 16.7. The Bertz CT molecular complexity index is 816. The van der Waals surface area contributed by atoms with Crippen LogP contribution in [-0.4, -0.2) is 32.6 Å². The minimum atomic E-state index is -0.776. The normalized spacial score (nSPS) is 16.7. The number of imide groups is 1. The number of hydrogen-bond acceptors (Lipinski definition) is 5. The van der Waals surface area contributed by atoms with Crippen molar-refractivity contribution in [1.29, 1.82) is 0 Å². The fourth-order valence-electron chi connectivity index (χ4n) is 2.64. The first-order valence-electron chi connectivity index (χ1n) is 7.30.